The van der Waals surface area contributed by atoms with E-state index >= 15 is 0 Å². The number of rotatable bonds is 4. The van der Waals surface area contributed by atoms with Crippen LogP contribution in [0.25, 0.3) is 22.0 Å². The largest absolute Gasteiger partial charge is 0.507 e. The number of aromatic hydroxyl groups is 1. The van der Waals surface area contributed by atoms with E-state index in [9.17, 15) is 10.2 Å². The number of aliphatic hydroxyl groups is 1. The first-order valence-corrected chi connectivity index (χ1v) is 10.1. The highest BCUT2D eigenvalue weighted by molar-refractivity contribution is 6.00. The van der Waals surface area contributed by atoms with Gasteiger partial charge in [-0.15, -0.1) is 10.2 Å². The Labute approximate surface area is 163 Å². The third kappa shape index (κ3) is 3.29. The molecule has 2 unspecified atom stereocenters. The zero-order valence-corrected chi connectivity index (χ0v) is 15.7. The maximum atomic E-state index is 10.6. The Morgan fingerprint density at radius 1 is 1.00 bits per heavy atom. The molecule has 2 heterocycles. The summed E-state index contributed by atoms with van der Waals surface area (Å²) in [5.41, 5.74) is 2.54. The van der Waals surface area contributed by atoms with Gasteiger partial charge in [0.2, 0.25) is 0 Å². The lowest BCUT2D eigenvalue weighted by Crippen LogP contribution is -2.30. The highest BCUT2D eigenvalue weighted by atomic mass is 16.3. The summed E-state index contributed by atoms with van der Waals surface area (Å²) in [4.78, 5) is 4.26. The highest BCUT2D eigenvalue weighted by Crippen LogP contribution is 2.43. The summed E-state index contributed by atoms with van der Waals surface area (Å²) in [5, 5.41) is 34.6. The van der Waals surface area contributed by atoms with Crippen LogP contribution in [0.1, 0.15) is 50.0 Å². The van der Waals surface area contributed by atoms with Gasteiger partial charge < -0.3 is 15.5 Å². The lowest BCUT2D eigenvalue weighted by molar-refractivity contribution is 0.124. The molecule has 1 aromatic carbocycles. The third-order valence-electron chi connectivity index (χ3n) is 5.89. The molecule has 28 heavy (non-hydrogen) atoms. The molecule has 2 atom stereocenters. The lowest BCUT2D eigenvalue weighted by atomic mass is 9.93. The van der Waals surface area contributed by atoms with Crippen LogP contribution in [-0.2, 0) is 0 Å². The molecular weight excluding hydrogens is 352 g/mol. The minimum absolute atomic E-state index is 0.179. The van der Waals surface area contributed by atoms with Crippen molar-refractivity contribution in [3.05, 3.63) is 42.2 Å². The average Bonchev–Trinajstić information content (AvgIpc) is 3.54. The number of nitrogens with one attached hydrogen (secondary N) is 1. The standard InChI is InChI=1S/C22H24N4O2/c27-16-3-1-2-15(11-16)24-22-19-12-23-9-8-17(19)21(25-26-22)18-7-6-14(10-20(18)28)13-4-5-13/h6-10,12-13,15-16,27-28H,1-5,11H2,(H,24,26). The Hall–Kier alpha value is -2.73. The van der Waals surface area contributed by atoms with E-state index in [0.29, 0.717) is 29.4 Å². The van der Waals surface area contributed by atoms with Crippen LogP contribution < -0.4 is 5.32 Å². The second-order valence-corrected chi connectivity index (χ2v) is 8.03. The first-order valence-electron chi connectivity index (χ1n) is 10.1. The molecule has 2 aliphatic rings. The minimum atomic E-state index is -0.259. The number of aromatic nitrogens is 3. The summed E-state index contributed by atoms with van der Waals surface area (Å²) < 4.78 is 0. The van der Waals surface area contributed by atoms with Gasteiger partial charge in [0.05, 0.1) is 6.10 Å². The number of nitrogens with zero attached hydrogens (tertiary/aromatic N) is 3. The van der Waals surface area contributed by atoms with E-state index in [1.54, 1.807) is 12.4 Å². The molecule has 5 rings (SSSR count). The van der Waals surface area contributed by atoms with Crippen LogP contribution in [-0.4, -0.2) is 37.5 Å². The summed E-state index contributed by atoms with van der Waals surface area (Å²) in [5.74, 6) is 1.51. The summed E-state index contributed by atoms with van der Waals surface area (Å²) in [6.45, 7) is 0. The molecule has 3 aromatic rings. The Morgan fingerprint density at radius 2 is 1.89 bits per heavy atom. The van der Waals surface area contributed by atoms with E-state index in [1.165, 1.54) is 18.4 Å². The second kappa shape index (κ2) is 7.02. The van der Waals surface area contributed by atoms with E-state index in [0.717, 1.165) is 30.0 Å². The zero-order chi connectivity index (χ0) is 19.1. The monoisotopic (exact) mass is 376 g/mol. The van der Waals surface area contributed by atoms with Gasteiger partial charge in [-0.25, -0.2) is 0 Å². The third-order valence-corrected chi connectivity index (χ3v) is 5.89. The van der Waals surface area contributed by atoms with Gasteiger partial charge in [0.15, 0.2) is 5.82 Å². The van der Waals surface area contributed by atoms with Crippen LogP contribution in [0.2, 0.25) is 0 Å². The normalized spacial score (nSPS) is 22.3. The molecule has 0 aliphatic heterocycles. The molecule has 0 radical (unpaired) electrons. The summed E-state index contributed by atoms with van der Waals surface area (Å²) in [6, 6.07) is 7.97. The quantitative estimate of drug-likeness (QED) is 0.638. The van der Waals surface area contributed by atoms with Crippen molar-refractivity contribution in [1.29, 1.82) is 0 Å². The van der Waals surface area contributed by atoms with Crippen molar-refractivity contribution < 1.29 is 10.2 Å². The van der Waals surface area contributed by atoms with Gasteiger partial charge in [-0.3, -0.25) is 4.98 Å². The van der Waals surface area contributed by atoms with E-state index in [2.05, 4.69) is 26.6 Å². The molecule has 3 N–H and O–H groups in total. The van der Waals surface area contributed by atoms with Crippen molar-refractivity contribution in [3.8, 4) is 17.0 Å². The number of hydrogen-bond acceptors (Lipinski definition) is 6. The Morgan fingerprint density at radius 3 is 2.68 bits per heavy atom. The minimum Gasteiger partial charge on any atom is -0.507 e. The molecule has 0 saturated heterocycles. The van der Waals surface area contributed by atoms with E-state index in [4.69, 9.17) is 0 Å². The Balaban J connectivity index is 1.53. The molecule has 2 aliphatic carbocycles. The van der Waals surface area contributed by atoms with Gasteiger partial charge in [0.25, 0.3) is 0 Å². The Bertz CT molecular complexity index is 1020. The van der Waals surface area contributed by atoms with Crippen LogP contribution >= 0.6 is 0 Å². The van der Waals surface area contributed by atoms with Gasteiger partial charge in [-0.1, -0.05) is 6.07 Å². The Kier molecular flexibility index (Phi) is 4.36. The zero-order valence-electron chi connectivity index (χ0n) is 15.7. The number of fused-ring (bicyclic) bond motifs is 1. The van der Waals surface area contributed by atoms with Crippen molar-refractivity contribution >= 4 is 16.6 Å². The SMILES string of the molecule is Oc1cc(C2CC2)ccc1-c1nnc(NC2CCCC(O)C2)c2cnccc12. The highest BCUT2D eigenvalue weighted by Gasteiger charge is 2.25. The van der Waals surface area contributed by atoms with Crippen molar-refractivity contribution in [1.82, 2.24) is 15.2 Å². The van der Waals surface area contributed by atoms with E-state index in [-0.39, 0.29) is 17.9 Å². The molecule has 2 aromatic heterocycles. The molecule has 2 fully saturated rings. The number of phenols is 1. The number of phenolic OH excluding ortho intramolecular Hbond substituents is 1. The van der Waals surface area contributed by atoms with E-state index in [1.807, 2.05) is 18.2 Å². The van der Waals surface area contributed by atoms with Crippen LogP contribution in [0, 0.1) is 0 Å². The summed E-state index contributed by atoms with van der Waals surface area (Å²) in [6.07, 6.45) is 9.24. The summed E-state index contributed by atoms with van der Waals surface area (Å²) in [7, 11) is 0. The number of hydrogen-bond donors (Lipinski definition) is 3. The van der Waals surface area contributed by atoms with Crippen molar-refractivity contribution in [2.75, 3.05) is 5.32 Å². The van der Waals surface area contributed by atoms with Crippen molar-refractivity contribution in [3.63, 3.8) is 0 Å². The molecule has 6 nitrogen and oxygen atoms in total. The average molecular weight is 376 g/mol. The number of aliphatic hydroxyl groups excluding tert-OH is 1. The molecule has 6 heteroatoms. The molecule has 2 saturated carbocycles. The fourth-order valence-corrected chi connectivity index (χ4v) is 4.21. The predicted octanol–water partition coefficient (Wildman–Crippen LogP) is 3.99. The van der Waals surface area contributed by atoms with Crippen molar-refractivity contribution in [2.24, 2.45) is 0 Å². The fourth-order valence-electron chi connectivity index (χ4n) is 4.21. The molecule has 0 amide bonds. The molecule has 144 valence electrons. The molecular formula is C22H24N4O2. The first-order chi connectivity index (χ1) is 13.7. The van der Waals surface area contributed by atoms with Crippen molar-refractivity contribution in [2.45, 2.75) is 56.6 Å². The van der Waals surface area contributed by atoms with Gasteiger partial charge in [-0.05, 0) is 68.2 Å². The van der Waals surface area contributed by atoms with Gasteiger partial charge >= 0.3 is 0 Å². The maximum Gasteiger partial charge on any atom is 0.158 e. The maximum absolute atomic E-state index is 10.6. The predicted molar refractivity (Wildman–Crippen MR) is 108 cm³/mol. The first kappa shape index (κ1) is 17.4. The molecule has 0 spiro atoms. The number of pyridine rings is 1. The van der Waals surface area contributed by atoms with Crippen LogP contribution in [0.5, 0.6) is 5.75 Å². The van der Waals surface area contributed by atoms with E-state index < -0.39 is 0 Å². The smallest absolute Gasteiger partial charge is 0.158 e. The molecule has 0 bridgehead atoms. The topological polar surface area (TPSA) is 91.2 Å². The fraction of sp³-hybridized carbons (Fsp3) is 0.409. The summed E-state index contributed by atoms with van der Waals surface area (Å²) >= 11 is 0. The van der Waals surface area contributed by atoms with Gasteiger partial charge in [0.1, 0.15) is 11.4 Å². The van der Waals surface area contributed by atoms with Crippen LogP contribution in [0.4, 0.5) is 5.82 Å². The van der Waals surface area contributed by atoms with Gasteiger partial charge in [-0.2, -0.15) is 0 Å². The second-order valence-electron chi connectivity index (χ2n) is 8.03. The van der Waals surface area contributed by atoms with Gasteiger partial charge in [0, 0.05) is 34.8 Å². The number of benzene rings is 1. The van der Waals surface area contributed by atoms with Crippen LogP contribution in [0.3, 0.4) is 0 Å². The lowest BCUT2D eigenvalue weighted by Gasteiger charge is -2.27. The van der Waals surface area contributed by atoms with Crippen LogP contribution in [0.15, 0.2) is 36.7 Å². The number of anilines is 1.